The first-order chi connectivity index (χ1) is 9.56. The number of nitrogens with zero attached hydrogens (tertiary/aromatic N) is 1. The first-order valence-electron chi connectivity index (χ1n) is 6.83. The summed E-state index contributed by atoms with van der Waals surface area (Å²) < 4.78 is 18.3. The number of likely N-dealkylation sites (N-methyl/N-ethyl adjacent to an activating group) is 1. The number of hydrogen-bond acceptors (Lipinski definition) is 3. The van der Waals surface area contributed by atoms with Crippen LogP contribution in [0.15, 0.2) is 24.3 Å². The molecule has 1 N–H and O–H groups in total. The Morgan fingerprint density at radius 1 is 1.30 bits per heavy atom. The molecule has 0 fully saturated rings. The van der Waals surface area contributed by atoms with E-state index >= 15 is 0 Å². The fraction of sp³-hybridized carbons (Fsp3) is 0.533. The van der Waals surface area contributed by atoms with Crippen molar-refractivity contribution in [1.82, 2.24) is 10.2 Å². The van der Waals surface area contributed by atoms with Gasteiger partial charge < -0.3 is 10.1 Å². The molecule has 0 radical (unpaired) electrons. The van der Waals surface area contributed by atoms with E-state index in [1.165, 1.54) is 12.1 Å². The van der Waals surface area contributed by atoms with Gasteiger partial charge in [0.15, 0.2) is 0 Å². The van der Waals surface area contributed by atoms with Crippen LogP contribution in [-0.2, 0) is 9.53 Å². The lowest BCUT2D eigenvalue weighted by molar-refractivity contribution is -0.126. The third kappa shape index (κ3) is 5.27. The average molecular weight is 282 g/mol. The number of nitrogens with one attached hydrogen (secondary N) is 1. The molecule has 0 aromatic heterocycles. The van der Waals surface area contributed by atoms with Gasteiger partial charge in [-0.3, -0.25) is 9.69 Å². The van der Waals surface area contributed by atoms with Crippen molar-refractivity contribution in [2.24, 2.45) is 0 Å². The number of amides is 1. The molecule has 0 saturated heterocycles. The zero-order valence-electron chi connectivity index (χ0n) is 12.4. The van der Waals surface area contributed by atoms with Gasteiger partial charge in [0, 0.05) is 13.2 Å². The van der Waals surface area contributed by atoms with Gasteiger partial charge >= 0.3 is 0 Å². The maximum Gasteiger partial charge on any atom is 0.242 e. The highest BCUT2D eigenvalue weighted by molar-refractivity contribution is 5.83. The number of benzene rings is 1. The van der Waals surface area contributed by atoms with Gasteiger partial charge in [-0.25, -0.2) is 4.39 Å². The van der Waals surface area contributed by atoms with Gasteiger partial charge in [0.25, 0.3) is 0 Å². The van der Waals surface area contributed by atoms with Crippen LogP contribution in [0.1, 0.15) is 24.9 Å². The van der Waals surface area contributed by atoms with Crippen LogP contribution >= 0.6 is 0 Å². The van der Waals surface area contributed by atoms with E-state index in [1.807, 2.05) is 21.0 Å². The van der Waals surface area contributed by atoms with Gasteiger partial charge in [0.05, 0.1) is 6.61 Å². The highest BCUT2D eigenvalue weighted by Crippen LogP contribution is 2.18. The molecule has 0 unspecified atom stereocenters. The van der Waals surface area contributed by atoms with Crippen LogP contribution in [0.3, 0.4) is 0 Å². The van der Waals surface area contributed by atoms with Crippen molar-refractivity contribution in [3.63, 3.8) is 0 Å². The quantitative estimate of drug-likeness (QED) is 0.741. The van der Waals surface area contributed by atoms with Crippen molar-refractivity contribution in [2.45, 2.75) is 19.4 Å². The highest BCUT2D eigenvalue weighted by Gasteiger charge is 2.22. The lowest BCUT2D eigenvalue weighted by atomic mass is 10.1. The minimum Gasteiger partial charge on any atom is -0.380 e. The average Bonchev–Trinajstić information content (AvgIpc) is 2.40. The molecule has 0 saturated carbocycles. The molecule has 5 heteroatoms. The maximum absolute atomic E-state index is 12.9. The largest absolute Gasteiger partial charge is 0.380 e. The van der Waals surface area contributed by atoms with Gasteiger partial charge in [0.1, 0.15) is 11.9 Å². The molecule has 1 rings (SSSR count). The van der Waals surface area contributed by atoms with Gasteiger partial charge in [-0.2, -0.15) is 0 Å². The summed E-state index contributed by atoms with van der Waals surface area (Å²) in [5.41, 5.74) is 0.767. The van der Waals surface area contributed by atoms with E-state index in [1.54, 1.807) is 17.0 Å². The molecule has 112 valence electrons. The van der Waals surface area contributed by atoms with E-state index in [2.05, 4.69) is 5.32 Å². The third-order valence-electron chi connectivity index (χ3n) is 2.84. The van der Waals surface area contributed by atoms with Crippen LogP contribution in [0.25, 0.3) is 0 Å². The summed E-state index contributed by atoms with van der Waals surface area (Å²) in [6, 6.07) is 5.56. The van der Waals surface area contributed by atoms with Gasteiger partial charge in [-0.15, -0.1) is 0 Å². The number of hydrogen-bond donors (Lipinski definition) is 1. The molecule has 1 aromatic rings. The molecular formula is C15H23FN2O2. The molecule has 1 atom stereocenters. The predicted octanol–water partition coefficient (Wildman–Crippen LogP) is 1.97. The summed E-state index contributed by atoms with van der Waals surface area (Å²) in [5.74, 6) is -0.415. The smallest absolute Gasteiger partial charge is 0.242 e. The van der Waals surface area contributed by atoms with E-state index in [0.717, 1.165) is 12.0 Å². The monoisotopic (exact) mass is 282 g/mol. The highest BCUT2D eigenvalue weighted by atomic mass is 19.1. The Kier molecular flexibility index (Phi) is 7.18. The fourth-order valence-electron chi connectivity index (χ4n) is 1.92. The second-order valence-electron chi connectivity index (χ2n) is 4.82. The minimum absolute atomic E-state index is 0.110. The second kappa shape index (κ2) is 8.66. The van der Waals surface area contributed by atoms with E-state index in [0.29, 0.717) is 19.8 Å². The Hall–Kier alpha value is -1.46. The van der Waals surface area contributed by atoms with E-state index in [-0.39, 0.29) is 11.7 Å². The number of ether oxygens (including phenoxy) is 1. The SMILES string of the molecule is CCCOCCNC(=O)[C@@H](c1ccc(F)cc1)N(C)C. The van der Waals surface area contributed by atoms with Gasteiger partial charge in [0.2, 0.25) is 5.91 Å². The van der Waals surface area contributed by atoms with Crippen LogP contribution in [0, 0.1) is 5.82 Å². The second-order valence-corrected chi connectivity index (χ2v) is 4.82. The predicted molar refractivity (Wildman–Crippen MR) is 76.9 cm³/mol. The zero-order chi connectivity index (χ0) is 15.0. The summed E-state index contributed by atoms with van der Waals surface area (Å²) in [5, 5.41) is 2.84. The molecule has 0 heterocycles. The van der Waals surface area contributed by atoms with Crippen molar-refractivity contribution >= 4 is 5.91 Å². The molecule has 0 aliphatic carbocycles. The summed E-state index contributed by atoms with van der Waals surface area (Å²) in [7, 11) is 3.64. The molecule has 20 heavy (non-hydrogen) atoms. The Labute approximate surface area is 119 Å². The maximum atomic E-state index is 12.9. The molecule has 0 spiro atoms. The van der Waals surface area contributed by atoms with Gasteiger partial charge in [-0.1, -0.05) is 19.1 Å². The molecule has 4 nitrogen and oxygen atoms in total. The molecule has 1 aromatic carbocycles. The molecule has 0 aliphatic rings. The van der Waals surface area contributed by atoms with Crippen molar-refractivity contribution in [3.05, 3.63) is 35.6 Å². The number of carbonyl (C=O) groups is 1. The third-order valence-corrected chi connectivity index (χ3v) is 2.84. The first kappa shape index (κ1) is 16.6. The molecule has 0 bridgehead atoms. The lowest BCUT2D eigenvalue weighted by Crippen LogP contribution is -2.38. The molecule has 1 amide bonds. The van der Waals surface area contributed by atoms with Crippen LogP contribution in [-0.4, -0.2) is 44.7 Å². The van der Waals surface area contributed by atoms with Crippen LogP contribution in [0.4, 0.5) is 4.39 Å². The topological polar surface area (TPSA) is 41.6 Å². The number of halogens is 1. The summed E-state index contributed by atoms with van der Waals surface area (Å²) in [6.07, 6.45) is 0.962. The van der Waals surface area contributed by atoms with Crippen LogP contribution in [0.5, 0.6) is 0 Å². The van der Waals surface area contributed by atoms with Crippen molar-refractivity contribution < 1.29 is 13.9 Å². The van der Waals surface area contributed by atoms with E-state index in [4.69, 9.17) is 4.74 Å². The van der Waals surface area contributed by atoms with Gasteiger partial charge in [-0.05, 0) is 38.2 Å². The Morgan fingerprint density at radius 3 is 2.50 bits per heavy atom. The van der Waals surface area contributed by atoms with E-state index in [9.17, 15) is 9.18 Å². The number of rotatable bonds is 8. The Balaban J connectivity index is 2.57. The minimum atomic E-state index is -0.429. The van der Waals surface area contributed by atoms with E-state index < -0.39 is 6.04 Å². The first-order valence-corrected chi connectivity index (χ1v) is 6.83. The Morgan fingerprint density at radius 2 is 1.95 bits per heavy atom. The standard InChI is InChI=1S/C15H23FN2O2/c1-4-10-20-11-9-17-15(19)14(18(2)3)12-5-7-13(16)8-6-12/h5-8,14H,4,9-11H2,1-3H3,(H,17,19)/t14-/m1/s1. The van der Waals surface area contributed by atoms with Crippen molar-refractivity contribution in [3.8, 4) is 0 Å². The van der Waals surface area contributed by atoms with Crippen LogP contribution in [0.2, 0.25) is 0 Å². The molecule has 0 aliphatic heterocycles. The van der Waals surface area contributed by atoms with Crippen molar-refractivity contribution in [2.75, 3.05) is 33.9 Å². The normalized spacial score (nSPS) is 12.4. The zero-order valence-corrected chi connectivity index (χ0v) is 12.4. The lowest BCUT2D eigenvalue weighted by Gasteiger charge is -2.23. The Bertz CT molecular complexity index is 407. The molecular weight excluding hydrogens is 259 g/mol. The summed E-state index contributed by atoms with van der Waals surface area (Å²) in [4.78, 5) is 14.0. The van der Waals surface area contributed by atoms with Crippen LogP contribution < -0.4 is 5.32 Å². The summed E-state index contributed by atoms with van der Waals surface area (Å²) >= 11 is 0. The fourth-order valence-corrected chi connectivity index (χ4v) is 1.92. The van der Waals surface area contributed by atoms with Crippen molar-refractivity contribution in [1.29, 1.82) is 0 Å². The summed E-state index contributed by atoms with van der Waals surface area (Å²) in [6.45, 7) is 3.72. The number of carbonyl (C=O) groups excluding carboxylic acids is 1.